The molecule has 3 rings (SSSR count). The van der Waals surface area contributed by atoms with Crippen LogP contribution in [0.1, 0.15) is 43.7 Å². The topological polar surface area (TPSA) is 12.9 Å². The number of hydrogen-bond acceptors (Lipinski definition) is 1. The average molecular weight is 290 g/mol. The summed E-state index contributed by atoms with van der Waals surface area (Å²) in [5.74, 6) is 0.756. The van der Waals surface area contributed by atoms with Crippen molar-refractivity contribution in [2.24, 2.45) is 0 Å². The van der Waals surface area contributed by atoms with E-state index in [-0.39, 0.29) is 0 Å². The summed E-state index contributed by atoms with van der Waals surface area (Å²) in [5, 5.41) is 0. The zero-order chi connectivity index (χ0) is 11.5. The second-order valence-corrected chi connectivity index (χ2v) is 6.51. The molecule has 0 bridgehead atoms. The van der Waals surface area contributed by atoms with Gasteiger partial charge in [-0.3, -0.25) is 0 Å². The number of benzene rings is 1. The van der Waals surface area contributed by atoms with Gasteiger partial charge in [0.25, 0.3) is 0 Å². The van der Waals surface area contributed by atoms with Gasteiger partial charge in [-0.2, -0.15) is 0 Å². The molecule has 1 aromatic heterocycles. The molecule has 0 aliphatic heterocycles. The van der Waals surface area contributed by atoms with Gasteiger partial charge >= 0.3 is 109 Å². The molecular formula is C15H17NSe. The van der Waals surface area contributed by atoms with Gasteiger partial charge in [0.2, 0.25) is 0 Å². The monoisotopic (exact) mass is 291 g/mol. The third-order valence-electron chi connectivity index (χ3n) is 3.61. The van der Waals surface area contributed by atoms with Gasteiger partial charge < -0.3 is 0 Å². The fraction of sp³-hybridized carbons (Fsp3) is 0.400. The number of hydrogen-bond donors (Lipinski definition) is 0. The molecule has 17 heavy (non-hydrogen) atoms. The van der Waals surface area contributed by atoms with Crippen molar-refractivity contribution in [1.29, 1.82) is 0 Å². The fourth-order valence-corrected chi connectivity index (χ4v) is 4.34. The Labute approximate surface area is 109 Å². The van der Waals surface area contributed by atoms with Crippen LogP contribution in [0, 0.1) is 0 Å². The quantitative estimate of drug-likeness (QED) is 0.765. The van der Waals surface area contributed by atoms with Crippen LogP contribution in [-0.4, -0.2) is 18.7 Å². The molecule has 1 aliphatic rings. The number of aromatic nitrogens is 1. The van der Waals surface area contributed by atoms with Gasteiger partial charge in [-0.1, -0.05) is 0 Å². The Morgan fingerprint density at radius 1 is 1.00 bits per heavy atom. The summed E-state index contributed by atoms with van der Waals surface area (Å²) in [4.78, 5) is 0. The molecule has 1 aromatic carbocycles. The Hall–Kier alpha value is -0.851. The first kappa shape index (κ1) is 11.3. The molecule has 2 heteroatoms. The molecule has 0 N–H and O–H groups in total. The van der Waals surface area contributed by atoms with Crippen molar-refractivity contribution in [2.45, 2.75) is 38.0 Å². The van der Waals surface area contributed by atoms with Crippen molar-refractivity contribution < 1.29 is 0 Å². The van der Waals surface area contributed by atoms with E-state index in [1.807, 2.05) is 0 Å². The van der Waals surface area contributed by atoms with E-state index >= 15 is 0 Å². The van der Waals surface area contributed by atoms with Crippen LogP contribution in [0.2, 0.25) is 0 Å². The van der Waals surface area contributed by atoms with Gasteiger partial charge in [-0.05, 0) is 0 Å². The molecule has 1 fully saturated rings. The van der Waals surface area contributed by atoms with Crippen LogP contribution in [-0.2, 0) is 0 Å². The van der Waals surface area contributed by atoms with E-state index in [2.05, 4.69) is 36.4 Å². The molecule has 0 saturated heterocycles. The Morgan fingerprint density at radius 3 is 2.53 bits per heavy atom. The van der Waals surface area contributed by atoms with Crippen LogP contribution in [0.15, 0.2) is 36.4 Å². The number of nitrogens with zero attached hydrogens (tertiary/aromatic N) is 1. The first-order valence-corrected chi connectivity index (χ1v) is 8.08. The Morgan fingerprint density at radius 2 is 1.76 bits per heavy atom. The van der Waals surface area contributed by atoms with Crippen LogP contribution in [0.25, 0.3) is 10.0 Å². The first-order valence-electron chi connectivity index (χ1n) is 6.45. The van der Waals surface area contributed by atoms with Crippen molar-refractivity contribution >= 4 is 14.7 Å². The van der Waals surface area contributed by atoms with Crippen LogP contribution < -0.4 is 0 Å². The minimum atomic E-state index is 0.314. The summed E-state index contributed by atoms with van der Waals surface area (Å²) in [6, 6.07) is 13.1. The Bertz CT molecular complexity index is 469. The molecule has 0 spiro atoms. The van der Waals surface area contributed by atoms with Crippen molar-refractivity contribution in [1.82, 2.24) is 3.98 Å². The zero-order valence-electron chi connectivity index (χ0n) is 9.93. The SMILES string of the molecule is c1ccc(-c2cc(C3CCCCC3)n[se]2)cc1. The first-order chi connectivity index (χ1) is 8.43. The predicted molar refractivity (Wildman–Crippen MR) is 72.4 cm³/mol. The Balaban J connectivity index is 1.83. The van der Waals surface area contributed by atoms with E-state index in [9.17, 15) is 0 Å². The summed E-state index contributed by atoms with van der Waals surface area (Å²) in [6.07, 6.45) is 6.92. The van der Waals surface area contributed by atoms with Crippen LogP contribution >= 0.6 is 0 Å². The van der Waals surface area contributed by atoms with Crippen LogP contribution in [0.5, 0.6) is 0 Å². The molecule has 1 nitrogen and oxygen atoms in total. The summed E-state index contributed by atoms with van der Waals surface area (Å²) in [7, 11) is 0. The van der Waals surface area contributed by atoms with E-state index in [0.29, 0.717) is 14.7 Å². The van der Waals surface area contributed by atoms with Gasteiger partial charge in [0.05, 0.1) is 0 Å². The maximum absolute atomic E-state index is 4.80. The molecule has 0 radical (unpaired) electrons. The third kappa shape index (κ3) is 2.53. The normalized spacial score (nSPS) is 17.2. The summed E-state index contributed by atoms with van der Waals surface area (Å²) in [6.45, 7) is 0. The fourth-order valence-electron chi connectivity index (χ4n) is 2.62. The van der Waals surface area contributed by atoms with E-state index < -0.39 is 0 Å². The van der Waals surface area contributed by atoms with Crippen molar-refractivity contribution in [3.8, 4) is 10.0 Å². The van der Waals surface area contributed by atoms with Gasteiger partial charge in [-0.25, -0.2) is 0 Å². The standard InChI is InChI=1S/C15H17NSe/c1-3-7-12(8-4-1)14-11-15(17-16-14)13-9-5-2-6-10-13/h2,5-6,9-12H,1,3-4,7-8H2. The molecule has 88 valence electrons. The van der Waals surface area contributed by atoms with Crippen LogP contribution in [0.4, 0.5) is 0 Å². The summed E-state index contributed by atoms with van der Waals surface area (Å²) >= 11 is 0.314. The summed E-state index contributed by atoms with van der Waals surface area (Å²) < 4.78 is 6.26. The maximum atomic E-state index is 4.80. The summed E-state index contributed by atoms with van der Waals surface area (Å²) in [5.41, 5.74) is 2.76. The molecule has 0 unspecified atom stereocenters. The molecule has 1 saturated carbocycles. The molecular weight excluding hydrogens is 273 g/mol. The van der Waals surface area contributed by atoms with Crippen molar-refractivity contribution in [2.75, 3.05) is 0 Å². The van der Waals surface area contributed by atoms with E-state index in [4.69, 9.17) is 3.98 Å². The molecule has 0 amide bonds. The molecule has 1 aliphatic carbocycles. The van der Waals surface area contributed by atoms with Gasteiger partial charge in [0, 0.05) is 0 Å². The second kappa shape index (κ2) is 5.20. The molecule has 1 heterocycles. The van der Waals surface area contributed by atoms with Gasteiger partial charge in [-0.15, -0.1) is 0 Å². The predicted octanol–water partition coefficient (Wildman–Crippen LogP) is 3.85. The van der Waals surface area contributed by atoms with E-state index in [0.717, 1.165) is 5.92 Å². The van der Waals surface area contributed by atoms with E-state index in [1.54, 1.807) is 0 Å². The van der Waals surface area contributed by atoms with Gasteiger partial charge in [0.15, 0.2) is 0 Å². The van der Waals surface area contributed by atoms with E-state index in [1.165, 1.54) is 47.8 Å². The zero-order valence-corrected chi connectivity index (χ0v) is 11.6. The van der Waals surface area contributed by atoms with Crippen molar-refractivity contribution in [3.05, 3.63) is 42.1 Å². The third-order valence-corrected chi connectivity index (χ3v) is 5.40. The Kier molecular flexibility index (Phi) is 3.44. The number of rotatable bonds is 2. The average Bonchev–Trinajstić information content (AvgIpc) is 2.90. The molecule has 2 aromatic rings. The van der Waals surface area contributed by atoms with Crippen molar-refractivity contribution in [3.63, 3.8) is 0 Å². The minimum absolute atomic E-state index is 0.314. The second-order valence-electron chi connectivity index (χ2n) is 4.82. The van der Waals surface area contributed by atoms with Gasteiger partial charge in [0.1, 0.15) is 0 Å². The van der Waals surface area contributed by atoms with Crippen LogP contribution in [0.3, 0.4) is 0 Å². The molecule has 0 atom stereocenters.